The Morgan fingerprint density at radius 1 is 1.23 bits per heavy atom. The predicted octanol–water partition coefficient (Wildman–Crippen LogP) is 3.80. The van der Waals surface area contributed by atoms with Gasteiger partial charge in [-0.2, -0.15) is 0 Å². The maximum absolute atomic E-state index is 13.4. The van der Waals surface area contributed by atoms with Crippen LogP contribution < -0.4 is 9.64 Å². The van der Waals surface area contributed by atoms with Gasteiger partial charge in [-0.3, -0.25) is 14.6 Å². The number of thiazole rings is 1. The first-order valence-electron chi connectivity index (χ1n) is 11.3. The lowest BCUT2D eigenvalue weighted by atomic mass is 10.2. The number of morpholine rings is 1. The van der Waals surface area contributed by atoms with E-state index in [0.717, 1.165) is 28.9 Å². The van der Waals surface area contributed by atoms with Gasteiger partial charge in [0.15, 0.2) is 15.0 Å². The largest absolute Gasteiger partial charge is 0.497 e. The molecule has 1 saturated heterocycles. The zero-order valence-corrected chi connectivity index (χ0v) is 22.1. The van der Waals surface area contributed by atoms with Crippen LogP contribution in [0.1, 0.15) is 12.0 Å². The number of hydrogen-bond acceptors (Lipinski definition) is 8. The highest BCUT2D eigenvalue weighted by atomic mass is 35.5. The Morgan fingerprint density at radius 3 is 2.63 bits per heavy atom. The van der Waals surface area contributed by atoms with Gasteiger partial charge in [-0.15, -0.1) is 0 Å². The van der Waals surface area contributed by atoms with Crippen LogP contribution in [0.5, 0.6) is 5.75 Å². The van der Waals surface area contributed by atoms with Crippen LogP contribution in [0.2, 0.25) is 5.02 Å². The molecule has 8 nitrogen and oxygen atoms in total. The van der Waals surface area contributed by atoms with E-state index in [1.54, 1.807) is 17.0 Å². The van der Waals surface area contributed by atoms with Crippen molar-refractivity contribution in [1.82, 2.24) is 9.88 Å². The van der Waals surface area contributed by atoms with Crippen LogP contribution in [0.4, 0.5) is 5.13 Å². The van der Waals surface area contributed by atoms with Crippen LogP contribution in [-0.4, -0.2) is 76.5 Å². The molecule has 1 amide bonds. The van der Waals surface area contributed by atoms with Crippen LogP contribution in [0.15, 0.2) is 41.3 Å². The molecule has 4 rings (SSSR count). The summed E-state index contributed by atoms with van der Waals surface area (Å²) in [4.78, 5) is 22.1. The maximum atomic E-state index is 13.4. The summed E-state index contributed by atoms with van der Waals surface area (Å²) in [6, 6.07) is 9.86. The summed E-state index contributed by atoms with van der Waals surface area (Å²) in [6.45, 7) is 5.90. The van der Waals surface area contributed by atoms with Crippen LogP contribution in [0, 0.1) is 6.92 Å². The highest BCUT2D eigenvalue weighted by Crippen LogP contribution is 2.33. The molecule has 0 radical (unpaired) electrons. The molecular weight excluding hydrogens is 510 g/mol. The average molecular weight is 538 g/mol. The minimum atomic E-state index is -3.63. The van der Waals surface area contributed by atoms with Gasteiger partial charge >= 0.3 is 0 Å². The number of benzene rings is 2. The van der Waals surface area contributed by atoms with E-state index >= 15 is 0 Å². The van der Waals surface area contributed by atoms with Crippen molar-refractivity contribution in [3.05, 3.63) is 47.0 Å². The lowest BCUT2D eigenvalue weighted by Crippen LogP contribution is -2.43. The van der Waals surface area contributed by atoms with Gasteiger partial charge in [-0.05, 0) is 48.9 Å². The second-order valence-corrected chi connectivity index (χ2v) is 11.9. The highest BCUT2D eigenvalue weighted by molar-refractivity contribution is 7.91. The Bertz CT molecular complexity index is 1290. The minimum absolute atomic E-state index is 0.146. The number of nitrogens with zero attached hydrogens (tertiary/aromatic N) is 3. The Hall–Kier alpha value is -2.24. The third-order valence-corrected chi connectivity index (χ3v) is 8.89. The van der Waals surface area contributed by atoms with E-state index < -0.39 is 9.84 Å². The molecule has 3 aromatic rings. The van der Waals surface area contributed by atoms with Crippen molar-refractivity contribution in [2.75, 3.05) is 57.2 Å². The maximum Gasteiger partial charge on any atom is 0.229 e. The van der Waals surface area contributed by atoms with Gasteiger partial charge in [0.05, 0.1) is 41.2 Å². The first kappa shape index (κ1) is 25.8. The van der Waals surface area contributed by atoms with Gasteiger partial charge < -0.3 is 9.47 Å². The lowest BCUT2D eigenvalue weighted by Gasteiger charge is -2.29. The number of sulfone groups is 1. The molecule has 0 spiro atoms. The molecule has 0 bridgehead atoms. The quantitative estimate of drug-likeness (QED) is 0.410. The second kappa shape index (κ2) is 11.2. The Kier molecular flexibility index (Phi) is 8.28. The zero-order valence-electron chi connectivity index (χ0n) is 19.7. The summed E-state index contributed by atoms with van der Waals surface area (Å²) in [6.07, 6.45) is -0.146. The van der Waals surface area contributed by atoms with Gasteiger partial charge in [-0.25, -0.2) is 13.4 Å². The molecule has 1 aliphatic heterocycles. The van der Waals surface area contributed by atoms with Crippen LogP contribution in [-0.2, 0) is 19.4 Å². The van der Waals surface area contributed by atoms with Gasteiger partial charge in [0.1, 0.15) is 5.75 Å². The molecule has 0 N–H and O–H groups in total. The number of carbonyl (C=O) groups excluding carboxylic acids is 1. The SMILES string of the molecule is COc1ccc(S(=O)(=O)CCC(=O)N(CCN2CCOCC2)c2nc3c(C)cc(Cl)cc3s2)cc1. The highest BCUT2D eigenvalue weighted by Gasteiger charge is 2.25. The number of rotatable bonds is 9. The molecule has 11 heteroatoms. The summed E-state index contributed by atoms with van der Waals surface area (Å²) in [7, 11) is -2.11. The first-order chi connectivity index (χ1) is 16.8. The standard InChI is InChI=1S/C24H28ClN3O5S2/c1-17-15-18(25)16-21-23(17)26-24(34-21)28(9-8-27-10-12-33-13-11-27)22(29)7-14-35(30,31)20-5-3-19(32-2)4-6-20/h3-6,15-16H,7-14H2,1-2H3. The molecule has 1 fully saturated rings. The number of fused-ring (bicyclic) bond motifs is 1. The van der Waals surface area contributed by atoms with E-state index in [4.69, 9.17) is 26.1 Å². The number of amides is 1. The van der Waals surface area contributed by atoms with Crippen molar-refractivity contribution < 1.29 is 22.7 Å². The number of methoxy groups -OCH3 is 1. The molecule has 0 saturated carbocycles. The molecule has 188 valence electrons. The number of ether oxygens (including phenoxy) is 2. The Labute approximate surface area is 214 Å². The molecule has 0 unspecified atom stereocenters. The number of carbonyl (C=O) groups is 1. The number of hydrogen-bond donors (Lipinski definition) is 0. The fourth-order valence-corrected chi connectivity index (χ4v) is 6.60. The topological polar surface area (TPSA) is 89.0 Å². The van der Waals surface area contributed by atoms with Gasteiger partial charge in [0.25, 0.3) is 0 Å². The van der Waals surface area contributed by atoms with E-state index in [1.165, 1.54) is 30.6 Å². The summed E-state index contributed by atoms with van der Waals surface area (Å²) >= 11 is 7.61. The lowest BCUT2D eigenvalue weighted by molar-refractivity contribution is -0.118. The van der Waals surface area contributed by atoms with Gasteiger partial charge in [0, 0.05) is 37.6 Å². The van der Waals surface area contributed by atoms with Crippen LogP contribution in [0.3, 0.4) is 0 Å². The van der Waals surface area contributed by atoms with Crippen molar-refractivity contribution in [1.29, 1.82) is 0 Å². The van der Waals surface area contributed by atoms with E-state index in [2.05, 4.69) is 4.90 Å². The van der Waals surface area contributed by atoms with E-state index in [9.17, 15) is 13.2 Å². The first-order valence-corrected chi connectivity index (χ1v) is 14.2. The van der Waals surface area contributed by atoms with E-state index in [-0.39, 0.29) is 23.0 Å². The fourth-order valence-electron chi connectivity index (χ4n) is 3.91. The molecule has 0 atom stereocenters. The summed E-state index contributed by atoms with van der Waals surface area (Å²) in [5.41, 5.74) is 1.72. The third-order valence-electron chi connectivity index (χ3n) is 5.92. The van der Waals surface area contributed by atoms with Crippen molar-refractivity contribution >= 4 is 54.0 Å². The molecular formula is C24H28ClN3O5S2. The summed E-state index contributed by atoms with van der Waals surface area (Å²) in [5, 5.41) is 1.16. The van der Waals surface area contributed by atoms with Crippen molar-refractivity contribution in [3.8, 4) is 5.75 Å². The van der Waals surface area contributed by atoms with Crippen LogP contribution in [0.25, 0.3) is 10.2 Å². The van der Waals surface area contributed by atoms with Crippen LogP contribution >= 0.6 is 22.9 Å². The van der Waals surface area contributed by atoms with Gasteiger partial charge in [0.2, 0.25) is 5.91 Å². The predicted molar refractivity (Wildman–Crippen MR) is 139 cm³/mol. The van der Waals surface area contributed by atoms with E-state index in [0.29, 0.717) is 42.2 Å². The number of aromatic nitrogens is 1. The van der Waals surface area contributed by atoms with Gasteiger partial charge in [-0.1, -0.05) is 22.9 Å². The van der Waals surface area contributed by atoms with Crippen molar-refractivity contribution in [2.24, 2.45) is 0 Å². The summed E-state index contributed by atoms with van der Waals surface area (Å²) in [5.74, 6) is 0.000747. The summed E-state index contributed by atoms with van der Waals surface area (Å²) < 4.78 is 37.1. The van der Waals surface area contributed by atoms with E-state index in [1.807, 2.05) is 19.1 Å². The third kappa shape index (κ3) is 6.31. The monoisotopic (exact) mass is 537 g/mol. The number of halogens is 1. The second-order valence-electron chi connectivity index (χ2n) is 8.31. The molecule has 1 aromatic heterocycles. The van der Waals surface area contributed by atoms with Crippen molar-refractivity contribution in [2.45, 2.75) is 18.2 Å². The normalized spacial score (nSPS) is 14.8. The minimum Gasteiger partial charge on any atom is -0.497 e. The molecule has 35 heavy (non-hydrogen) atoms. The Balaban J connectivity index is 1.53. The smallest absolute Gasteiger partial charge is 0.229 e. The molecule has 0 aliphatic carbocycles. The fraction of sp³-hybridized carbons (Fsp3) is 0.417. The molecule has 2 aromatic carbocycles. The molecule has 1 aliphatic rings. The Morgan fingerprint density at radius 2 is 1.94 bits per heavy atom. The average Bonchev–Trinajstić information content (AvgIpc) is 3.27. The van der Waals surface area contributed by atoms with Crippen molar-refractivity contribution in [3.63, 3.8) is 0 Å². The number of aryl methyl sites for hydroxylation is 1. The molecule has 2 heterocycles. The zero-order chi connectivity index (χ0) is 25.0. The number of anilines is 1.